The van der Waals surface area contributed by atoms with Gasteiger partial charge in [-0.3, -0.25) is 4.90 Å². The molecule has 1 heterocycles. The molecule has 2 N–H and O–H groups in total. The highest BCUT2D eigenvalue weighted by Gasteiger charge is 2.25. The van der Waals surface area contributed by atoms with E-state index in [0.29, 0.717) is 11.0 Å². The summed E-state index contributed by atoms with van der Waals surface area (Å²) in [6.45, 7) is 6.81. The average Bonchev–Trinajstić information content (AvgIpc) is 2.35. The van der Waals surface area contributed by atoms with Crippen molar-refractivity contribution >= 4 is 17.2 Å². The molecule has 1 aliphatic rings. The Labute approximate surface area is 115 Å². The first-order chi connectivity index (χ1) is 8.59. The summed E-state index contributed by atoms with van der Waals surface area (Å²) in [5.74, 6) is 0.774. The van der Waals surface area contributed by atoms with Gasteiger partial charge in [0.15, 0.2) is 0 Å². The molecule has 3 heteroatoms. The van der Waals surface area contributed by atoms with Crippen molar-refractivity contribution in [2.45, 2.75) is 39.3 Å². The first-order valence-corrected chi connectivity index (χ1v) is 7.12. The number of nitrogens with two attached hydrogens (primary N) is 1. The second kappa shape index (κ2) is 5.81. The summed E-state index contributed by atoms with van der Waals surface area (Å²) in [5.41, 5.74) is 8.08. The molecule has 2 rings (SSSR count). The van der Waals surface area contributed by atoms with E-state index in [2.05, 4.69) is 30.9 Å². The van der Waals surface area contributed by atoms with E-state index in [1.165, 1.54) is 24.9 Å². The molecule has 2 atom stereocenters. The van der Waals surface area contributed by atoms with Gasteiger partial charge in [0.2, 0.25) is 0 Å². The van der Waals surface area contributed by atoms with E-state index >= 15 is 0 Å². The van der Waals surface area contributed by atoms with Crippen LogP contribution in [0.2, 0.25) is 0 Å². The van der Waals surface area contributed by atoms with Crippen LogP contribution in [0.1, 0.15) is 37.8 Å². The van der Waals surface area contributed by atoms with Crippen LogP contribution in [-0.4, -0.2) is 22.5 Å². The molecule has 1 fully saturated rings. The monoisotopic (exact) mass is 262 g/mol. The van der Waals surface area contributed by atoms with Crippen LogP contribution < -0.4 is 5.73 Å². The molecule has 18 heavy (non-hydrogen) atoms. The Hall–Kier alpha value is -0.930. The molecule has 0 amide bonds. The Balaban J connectivity index is 2.16. The molecule has 1 aromatic carbocycles. The Bertz CT molecular complexity index is 430. The first kappa shape index (κ1) is 13.5. The zero-order valence-electron chi connectivity index (χ0n) is 11.2. The molecule has 0 radical (unpaired) electrons. The minimum Gasteiger partial charge on any atom is -0.389 e. The van der Waals surface area contributed by atoms with E-state index in [1.54, 1.807) is 0 Å². The van der Waals surface area contributed by atoms with Gasteiger partial charge in [-0.2, -0.15) is 0 Å². The van der Waals surface area contributed by atoms with E-state index in [4.69, 9.17) is 18.0 Å². The number of thiocarbonyl (C=S) groups is 1. The second-order valence-electron chi connectivity index (χ2n) is 5.35. The standard InChI is InChI=1S/C15H22N2S/c1-11-6-5-9-17(12(11)2)10-13-7-3-4-8-14(13)15(16)18/h3-4,7-8,11-12H,5-6,9-10H2,1-2H3,(H2,16,18). The Kier molecular flexibility index (Phi) is 4.36. The van der Waals surface area contributed by atoms with E-state index in [0.717, 1.165) is 18.0 Å². The van der Waals surface area contributed by atoms with Crippen molar-refractivity contribution in [1.29, 1.82) is 0 Å². The van der Waals surface area contributed by atoms with E-state index in [9.17, 15) is 0 Å². The number of nitrogens with zero attached hydrogens (tertiary/aromatic N) is 1. The average molecular weight is 262 g/mol. The molecule has 98 valence electrons. The molecule has 0 saturated carbocycles. The van der Waals surface area contributed by atoms with Gasteiger partial charge in [-0.1, -0.05) is 43.4 Å². The van der Waals surface area contributed by atoms with Gasteiger partial charge in [-0.15, -0.1) is 0 Å². The van der Waals surface area contributed by atoms with Crippen molar-refractivity contribution in [1.82, 2.24) is 4.90 Å². The lowest BCUT2D eigenvalue weighted by Gasteiger charge is -2.38. The van der Waals surface area contributed by atoms with Gasteiger partial charge in [0, 0.05) is 18.2 Å². The highest BCUT2D eigenvalue weighted by atomic mass is 32.1. The van der Waals surface area contributed by atoms with Crippen LogP contribution in [0, 0.1) is 5.92 Å². The molecule has 1 saturated heterocycles. The van der Waals surface area contributed by atoms with Crippen LogP contribution in [0.15, 0.2) is 24.3 Å². The van der Waals surface area contributed by atoms with Gasteiger partial charge in [0.05, 0.1) is 0 Å². The fraction of sp³-hybridized carbons (Fsp3) is 0.533. The lowest BCUT2D eigenvalue weighted by molar-refractivity contribution is 0.106. The minimum absolute atomic E-state index is 0.503. The van der Waals surface area contributed by atoms with Gasteiger partial charge in [-0.25, -0.2) is 0 Å². The molecular formula is C15H22N2S. The predicted molar refractivity (Wildman–Crippen MR) is 80.6 cm³/mol. The summed E-state index contributed by atoms with van der Waals surface area (Å²) < 4.78 is 0. The molecular weight excluding hydrogens is 240 g/mol. The third-order valence-electron chi connectivity index (χ3n) is 4.16. The number of likely N-dealkylation sites (tertiary alicyclic amines) is 1. The van der Waals surface area contributed by atoms with Gasteiger partial charge in [0.25, 0.3) is 0 Å². The number of hydrogen-bond donors (Lipinski definition) is 1. The number of benzene rings is 1. The van der Waals surface area contributed by atoms with Crippen molar-refractivity contribution in [3.8, 4) is 0 Å². The summed E-state index contributed by atoms with van der Waals surface area (Å²) in [7, 11) is 0. The molecule has 0 bridgehead atoms. The minimum atomic E-state index is 0.503. The molecule has 2 nitrogen and oxygen atoms in total. The lowest BCUT2D eigenvalue weighted by Crippen LogP contribution is -2.42. The maximum atomic E-state index is 5.79. The lowest BCUT2D eigenvalue weighted by atomic mass is 9.91. The smallest absolute Gasteiger partial charge is 0.104 e. The van der Waals surface area contributed by atoms with Crippen LogP contribution in [0.4, 0.5) is 0 Å². The summed E-state index contributed by atoms with van der Waals surface area (Å²) in [4.78, 5) is 3.05. The number of rotatable bonds is 3. The molecule has 0 aliphatic carbocycles. The Morgan fingerprint density at radius 1 is 1.39 bits per heavy atom. The molecule has 1 aliphatic heterocycles. The molecule has 2 unspecified atom stereocenters. The van der Waals surface area contributed by atoms with Gasteiger partial charge in [-0.05, 0) is 37.8 Å². The van der Waals surface area contributed by atoms with Crippen LogP contribution in [-0.2, 0) is 6.54 Å². The second-order valence-corrected chi connectivity index (χ2v) is 5.79. The van der Waals surface area contributed by atoms with E-state index in [1.807, 2.05) is 12.1 Å². The van der Waals surface area contributed by atoms with Gasteiger partial charge in [0.1, 0.15) is 4.99 Å². The van der Waals surface area contributed by atoms with Crippen molar-refractivity contribution in [2.75, 3.05) is 6.54 Å². The van der Waals surface area contributed by atoms with Crippen molar-refractivity contribution < 1.29 is 0 Å². The van der Waals surface area contributed by atoms with Crippen molar-refractivity contribution in [2.24, 2.45) is 11.7 Å². The van der Waals surface area contributed by atoms with Crippen molar-refractivity contribution in [3.05, 3.63) is 35.4 Å². The van der Waals surface area contributed by atoms with Crippen LogP contribution in [0.25, 0.3) is 0 Å². The summed E-state index contributed by atoms with van der Waals surface area (Å²) in [6, 6.07) is 8.86. The maximum absolute atomic E-state index is 5.79. The molecule has 1 aromatic rings. The topological polar surface area (TPSA) is 29.3 Å². The zero-order valence-corrected chi connectivity index (χ0v) is 12.0. The largest absolute Gasteiger partial charge is 0.389 e. The summed E-state index contributed by atoms with van der Waals surface area (Å²) in [6.07, 6.45) is 2.63. The van der Waals surface area contributed by atoms with Crippen LogP contribution in [0.5, 0.6) is 0 Å². The quantitative estimate of drug-likeness (QED) is 0.849. The maximum Gasteiger partial charge on any atom is 0.104 e. The van der Waals surface area contributed by atoms with Crippen molar-refractivity contribution in [3.63, 3.8) is 0 Å². The highest BCUT2D eigenvalue weighted by molar-refractivity contribution is 7.80. The van der Waals surface area contributed by atoms with Gasteiger partial charge < -0.3 is 5.73 Å². The third-order valence-corrected chi connectivity index (χ3v) is 4.38. The predicted octanol–water partition coefficient (Wildman–Crippen LogP) is 2.94. The zero-order chi connectivity index (χ0) is 13.1. The molecule has 0 spiro atoms. The highest BCUT2D eigenvalue weighted by Crippen LogP contribution is 2.25. The first-order valence-electron chi connectivity index (χ1n) is 6.71. The normalized spacial score (nSPS) is 25.0. The van der Waals surface area contributed by atoms with E-state index in [-0.39, 0.29) is 0 Å². The number of hydrogen-bond acceptors (Lipinski definition) is 2. The Morgan fingerprint density at radius 2 is 2.11 bits per heavy atom. The number of piperidine rings is 1. The van der Waals surface area contributed by atoms with Crippen LogP contribution >= 0.6 is 12.2 Å². The fourth-order valence-corrected chi connectivity index (χ4v) is 2.96. The molecule has 0 aromatic heterocycles. The summed E-state index contributed by atoms with van der Waals surface area (Å²) >= 11 is 5.13. The summed E-state index contributed by atoms with van der Waals surface area (Å²) in [5, 5.41) is 0. The Morgan fingerprint density at radius 3 is 2.83 bits per heavy atom. The SMILES string of the molecule is CC1CCCN(Cc2ccccc2C(N)=S)C1C. The third kappa shape index (κ3) is 2.90. The van der Waals surface area contributed by atoms with Gasteiger partial charge >= 0.3 is 0 Å². The fourth-order valence-electron chi connectivity index (χ4n) is 2.76. The van der Waals surface area contributed by atoms with Crippen LogP contribution in [0.3, 0.4) is 0 Å². The van der Waals surface area contributed by atoms with E-state index < -0.39 is 0 Å².